The van der Waals surface area contributed by atoms with Crippen LogP contribution in [0.5, 0.6) is 0 Å². The summed E-state index contributed by atoms with van der Waals surface area (Å²) in [5.41, 5.74) is 0. The number of nitrogens with one attached hydrogen (secondary N) is 2. The molecule has 5 heteroatoms. The van der Waals surface area contributed by atoms with E-state index in [-0.39, 0.29) is 11.8 Å². The molecule has 0 aromatic carbocycles. The van der Waals surface area contributed by atoms with Crippen LogP contribution in [-0.2, 0) is 10.0 Å². The molecular weight excluding hydrogens is 248 g/mol. The highest BCUT2D eigenvalue weighted by Crippen LogP contribution is 2.30. The van der Waals surface area contributed by atoms with Crippen LogP contribution >= 0.6 is 0 Å². The minimum Gasteiger partial charge on any atom is -0.316 e. The lowest BCUT2D eigenvalue weighted by atomic mass is 9.78. The zero-order valence-electron chi connectivity index (χ0n) is 11.9. The van der Waals surface area contributed by atoms with Crippen molar-refractivity contribution in [2.24, 2.45) is 11.8 Å². The zero-order valence-corrected chi connectivity index (χ0v) is 12.7. The zero-order chi connectivity index (χ0) is 13.6. The van der Waals surface area contributed by atoms with Crippen molar-refractivity contribution in [1.29, 1.82) is 0 Å². The molecule has 2 atom stereocenters. The average Bonchev–Trinajstić information content (AvgIpc) is 2.29. The second-order valence-electron chi connectivity index (χ2n) is 5.59. The maximum absolute atomic E-state index is 12.0. The fraction of sp³-hybridized carbons (Fsp3) is 1.00. The molecule has 0 heterocycles. The van der Waals surface area contributed by atoms with Crippen molar-refractivity contribution in [3.8, 4) is 0 Å². The molecule has 1 aliphatic rings. The molecule has 0 bridgehead atoms. The molecule has 4 nitrogen and oxygen atoms in total. The predicted octanol–water partition coefficient (Wildman–Crippen LogP) is 1.73. The van der Waals surface area contributed by atoms with Crippen molar-refractivity contribution in [2.45, 2.75) is 52.5 Å². The lowest BCUT2D eigenvalue weighted by Gasteiger charge is -2.34. The van der Waals surface area contributed by atoms with Gasteiger partial charge in [-0.15, -0.1) is 0 Å². The van der Waals surface area contributed by atoms with E-state index in [9.17, 15) is 8.42 Å². The predicted molar refractivity (Wildman–Crippen MR) is 76.1 cm³/mol. The lowest BCUT2D eigenvalue weighted by Crippen LogP contribution is -2.45. The quantitative estimate of drug-likeness (QED) is 0.696. The van der Waals surface area contributed by atoms with Crippen molar-refractivity contribution < 1.29 is 8.42 Å². The van der Waals surface area contributed by atoms with E-state index in [0.717, 1.165) is 25.8 Å². The van der Waals surface area contributed by atoms with Crippen LogP contribution < -0.4 is 10.0 Å². The smallest absolute Gasteiger partial charge is 0.213 e. The van der Waals surface area contributed by atoms with E-state index >= 15 is 0 Å². The summed E-state index contributed by atoms with van der Waals surface area (Å²) in [7, 11) is -3.13. The fourth-order valence-corrected chi connectivity index (χ4v) is 4.06. The van der Waals surface area contributed by atoms with Crippen LogP contribution in [0.25, 0.3) is 0 Å². The Labute approximate surface area is 112 Å². The van der Waals surface area contributed by atoms with Crippen molar-refractivity contribution in [2.75, 3.05) is 18.8 Å². The summed E-state index contributed by atoms with van der Waals surface area (Å²) in [5, 5.41) is 3.06. The maximum Gasteiger partial charge on any atom is 0.213 e. The van der Waals surface area contributed by atoms with E-state index in [1.54, 1.807) is 0 Å². The SMILES string of the molecule is CCNCCS(=O)(=O)NC1CCCCC1C(C)C. The van der Waals surface area contributed by atoms with Gasteiger partial charge in [-0.3, -0.25) is 0 Å². The topological polar surface area (TPSA) is 58.2 Å². The Bertz CT molecular complexity index is 328. The van der Waals surface area contributed by atoms with Gasteiger partial charge in [-0.25, -0.2) is 13.1 Å². The molecule has 2 N–H and O–H groups in total. The second-order valence-corrected chi connectivity index (χ2v) is 7.46. The summed E-state index contributed by atoms with van der Waals surface area (Å²) in [6.07, 6.45) is 4.52. The summed E-state index contributed by atoms with van der Waals surface area (Å²) < 4.78 is 26.9. The van der Waals surface area contributed by atoms with Gasteiger partial charge in [0.1, 0.15) is 0 Å². The number of hydrogen-bond acceptors (Lipinski definition) is 3. The molecule has 1 aliphatic carbocycles. The third-order valence-corrected chi connectivity index (χ3v) is 5.21. The highest BCUT2D eigenvalue weighted by Gasteiger charge is 2.30. The molecule has 1 fully saturated rings. The van der Waals surface area contributed by atoms with Crippen molar-refractivity contribution in [3.63, 3.8) is 0 Å². The largest absolute Gasteiger partial charge is 0.316 e. The van der Waals surface area contributed by atoms with Crippen molar-refractivity contribution in [1.82, 2.24) is 10.0 Å². The Balaban J connectivity index is 2.52. The van der Waals surface area contributed by atoms with Crippen LogP contribution in [0.4, 0.5) is 0 Å². The lowest BCUT2D eigenvalue weighted by molar-refractivity contribution is 0.226. The molecular formula is C13H28N2O2S. The number of sulfonamides is 1. The average molecular weight is 276 g/mol. The molecule has 0 radical (unpaired) electrons. The Kier molecular flexibility index (Phi) is 6.60. The molecule has 0 aliphatic heterocycles. The normalized spacial score (nSPS) is 25.6. The van der Waals surface area contributed by atoms with Gasteiger partial charge in [0.25, 0.3) is 0 Å². The van der Waals surface area contributed by atoms with E-state index in [2.05, 4.69) is 23.9 Å². The summed E-state index contributed by atoms with van der Waals surface area (Å²) in [4.78, 5) is 0. The van der Waals surface area contributed by atoms with Gasteiger partial charge in [-0.1, -0.05) is 33.6 Å². The van der Waals surface area contributed by atoms with Gasteiger partial charge < -0.3 is 5.32 Å². The number of hydrogen-bond donors (Lipinski definition) is 2. The first-order chi connectivity index (χ1) is 8.46. The molecule has 0 aromatic rings. The van der Waals surface area contributed by atoms with Gasteiger partial charge in [0.15, 0.2) is 0 Å². The molecule has 1 saturated carbocycles. The molecule has 108 valence electrons. The first-order valence-electron chi connectivity index (χ1n) is 7.17. The Morgan fingerprint density at radius 3 is 2.50 bits per heavy atom. The van der Waals surface area contributed by atoms with E-state index < -0.39 is 10.0 Å². The first kappa shape index (κ1) is 15.9. The van der Waals surface area contributed by atoms with Crippen LogP contribution in [-0.4, -0.2) is 33.3 Å². The van der Waals surface area contributed by atoms with Crippen LogP contribution in [0.2, 0.25) is 0 Å². The van der Waals surface area contributed by atoms with Crippen LogP contribution in [0.15, 0.2) is 0 Å². The van der Waals surface area contributed by atoms with E-state index in [0.29, 0.717) is 18.4 Å². The number of rotatable bonds is 7. The second kappa shape index (κ2) is 7.46. The molecule has 2 unspecified atom stereocenters. The highest BCUT2D eigenvalue weighted by atomic mass is 32.2. The van der Waals surface area contributed by atoms with Gasteiger partial charge in [0, 0.05) is 12.6 Å². The monoisotopic (exact) mass is 276 g/mol. The van der Waals surface area contributed by atoms with Crippen LogP contribution in [0.3, 0.4) is 0 Å². The molecule has 0 amide bonds. The van der Waals surface area contributed by atoms with Gasteiger partial charge in [0.05, 0.1) is 5.75 Å². The van der Waals surface area contributed by atoms with Crippen molar-refractivity contribution in [3.05, 3.63) is 0 Å². The molecule has 0 aromatic heterocycles. The van der Waals surface area contributed by atoms with Gasteiger partial charge in [-0.05, 0) is 31.2 Å². The highest BCUT2D eigenvalue weighted by molar-refractivity contribution is 7.89. The molecule has 1 rings (SSSR count). The van der Waals surface area contributed by atoms with E-state index in [1.165, 1.54) is 6.42 Å². The molecule has 18 heavy (non-hydrogen) atoms. The summed E-state index contributed by atoms with van der Waals surface area (Å²) in [6, 6.07) is 0.144. The standard InChI is InChI=1S/C13H28N2O2S/c1-4-14-9-10-18(16,17)15-13-8-6-5-7-12(13)11(2)3/h11-15H,4-10H2,1-3H3. The summed E-state index contributed by atoms with van der Waals surface area (Å²) in [6.45, 7) is 7.71. The minimum atomic E-state index is -3.13. The van der Waals surface area contributed by atoms with Crippen molar-refractivity contribution >= 4 is 10.0 Å². The maximum atomic E-state index is 12.0. The summed E-state index contributed by atoms with van der Waals surface area (Å²) in [5.74, 6) is 1.22. The first-order valence-corrected chi connectivity index (χ1v) is 8.82. The molecule has 0 spiro atoms. The van der Waals surface area contributed by atoms with E-state index in [4.69, 9.17) is 0 Å². The Morgan fingerprint density at radius 2 is 1.89 bits per heavy atom. The van der Waals surface area contributed by atoms with Gasteiger partial charge >= 0.3 is 0 Å². The fourth-order valence-electron chi connectivity index (χ4n) is 2.78. The van der Waals surface area contributed by atoms with Gasteiger partial charge in [-0.2, -0.15) is 0 Å². The van der Waals surface area contributed by atoms with E-state index in [1.807, 2.05) is 6.92 Å². The third kappa shape index (κ3) is 5.24. The Morgan fingerprint density at radius 1 is 1.22 bits per heavy atom. The van der Waals surface area contributed by atoms with Crippen LogP contribution in [0, 0.1) is 11.8 Å². The van der Waals surface area contributed by atoms with Gasteiger partial charge in [0.2, 0.25) is 10.0 Å². The van der Waals surface area contributed by atoms with Crippen LogP contribution in [0.1, 0.15) is 46.5 Å². The Hall–Kier alpha value is -0.130. The minimum absolute atomic E-state index is 0.144. The molecule has 0 saturated heterocycles. The summed E-state index contributed by atoms with van der Waals surface area (Å²) >= 11 is 0. The third-order valence-electron chi connectivity index (χ3n) is 3.80.